The average molecular weight is 307 g/mol. The standard InChI is InChI=1S/C18H29NO3/c1-12-8-13(10-14(9-12)17(2,3)4)15(22-19)11-16(20)21-18(5,6)7/h8-10,15H,11,19H2,1-7H3. The van der Waals surface area contributed by atoms with E-state index in [0.717, 1.165) is 11.1 Å². The molecule has 0 saturated carbocycles. The molecule has 22 heavy (non-hydrogen) atoms. The van der Waals surface area contributed by atoms with Gasteiger partial charge in [0.2, 0.25) is 0 Å². The second-order valence-corrected chi connectivity index (χ2v) is 7.80. The molecule has 0 heterocycles. The van der Waals surface area contributed by atoms with Crippen LogP contribution in [0.25, 0.3) is 0 Å². The highest BCUT2D eigenvalue weighted by Crippen LogP contribution is 2.29. The summed E-state index contributed by atoms with van der Waals surface area (Å²) in [5.41, 5.74) is 2.71. The van der Waals surface area contributed by atoms with Crippen molar-refractivity contribution in [1.29, 1.82) is 0 Å². The van der Waals surface area contributed by atoms with Gasteiger partial charge in [0.25, 0.3) is 0 Å². The van der Waals surface area contributed by atoms with Gasteiger partial charge in [0, 0.05) is 0 Å². The quantitative estimate of drug-likeness (QED) is 0.675. The van der Waals surface area contributed by atoms with Crippen molar-refractivity contribution in [3.05, 3.63) is 34.9 Å². The largest absolute Gasteiger partial charge is 0.460 e. The van der Waals surface area contributed by atoms with Gasteiger partial charge in [0.1, 0.15) is 11.7 Å². The number of hydrogen-bond donors (Lipinski definition) is 1. The number of nitrogens with two attached hydrogens (primary N) is 1. The van der Waals surface area contributed by atoms with Crippen molar-refractivity contribution in [2.75, 3.05) is 0 Å². The topological polar surface area (TPSA) is 61.5 Å². The van der Waals surface area contributed by atoms with Crippen molar-refractivity contribution in [3.63, 3.8) is 0 Å². The highest BCUT2D eigenvalue weighted by Gasteiger charge is 2.23. The zero-order chi connectivity index (χ0) is 17.1. The van der Waals surface area contributed by atoms with Crippen molar-refractivity contribution in [2.45, 2.75) is 72.0 Å². The molecular formula is C18H29NO3. The number of hydrogen-bond acceptors (Lipinski definition) is 4. The van der Waals surface area contributed by atoms with Gasteiger partial charge in [-0.15, -0.1) is 0 Å². The second-order valence-electron chi connectivity index (χ2n) is 7.80. The molecule has 1 atom stereocenters. The molecule has 0 spiro atoms. The molecule has 0 aliphatic heterocycles. The molecule has 124 valence electrons. The Labute approximate surface area is 133 Å². The molecule has 0 saturated heterocycles. The second kappa shape index (κ2) is 6.80. The van der Waals surface area contributed by atoms with Crippen LogP contribution >= 0.6 is 0 Å². The van der Waals surface area contributed by atoms with Gasteiger partial charge in [-0.1, -0.05) is 44.5 Å². The summed E-state index contributed by atoms with van der Waals surface area (Å²) in [4.78, 5) is 17.1. The van der Waals surface area contributed by atoms with Gasteiger partial charge in [-0.25, -0.2) is 5.90 Å². The first-order valence-electron chi connectivity index (χ1n) is 7.62. The molecule has 1 unspecified atom stereocenters. The molecule has 4 heteroatoms. The lowest BCUT2D eigenvalue weighted by Crippen LogP contribution is -2.26. The van der Waals surface area contributed by atoms with E-state index in [-0.39, 0.29) is 17.8 Å². The molecule has 2 N–H and O–H groups in total. The van der Waals surface area contributed by atoms with E-state index in [1.165, 1.54) is 5.56 Å². The minimum Gasteiger partial charge on any atom is -0.460 e. The summed E-state index contributed by atoms with van der Waals surface area (Å²) in [6.07, 6.45) is -0.406. The maximum absolute atomic E-state index is 12.0. The van der Waals surface area contributed by atoms with E-state index in [4.69, 9.17) is 15.5 Å². The molecule has 0 aliphatic rings. The number of carbonyl (C=O) groups excluding carboxylic acids is 1. The fraction of sp³-hybridized carbons (Fsp3) is 0.611. The van der Waals surface area contributed by atoms with Crippen LogP contribution in [0.2, 0.25) is 0 Å². The predicted octanol–water partition coefficient (Wildman–Crippen LogP) is 3.96. The van der Waals surface area contributed by atoms with Crippen molar-refractivity contribution < 1.29 is 14.4 Å². The van der Waals surface area contributed by atoms with Crippen LogP contribution in [0.3, 0.4) is 0 Å². The van der Waals surface area contributed by atoms with Crippen LogP contribution in [0.1, 0.15) is 70.8 Å². The molecule has 1 rings (SSSR count). The summed E-state index contributed by atoms with van der Waals surface area (Å²) in [7, 11) is 0. The van der Waals surface area contributed by atoms with Gasteiger partial charge in [-0.3, -0.25) is 9.63 Å². The van der Waals surface area contributed by atoms with Gasteiger partial charge in [-0.2, -0.15) is 0 Å². The lowest BCUT2D eigenvalue weighted by Gasteiger charge is -2.24. The first-order chi connectivity index (χ1) is 9.92. The Kier molecular flexibility index (Phi) is 5.76. The summed E-state index contributed by atoms with van der Waals surface area (Å²) in [5, 5.41) is 0. The highest BCUT2D eigenvalue weighted by atomic mass is 16.6. The fourth-order valence-corrected chi connectivity index (χ4v) is 2.21. The van der Waals surface area contributed by atoms with E-state index >= 15 is 0 Å². The van der Waals surface area contributed by atoms with Crippen LogP contribution in [-0.4, -0.2) is 11.6 Å². The van der Waals surface area contributed by atoms with E-state index in [0.29, 0.717) is 0 Å². The van der Waals surface area contributed by atoms with Gasteiger partial charge >= 0.3 is 5.97 Å². The Morgan fingerprint density at radius 1 is 1.14 bits per heavy atom. The third-order valence-corrected chi connectivity index (χ3v) is 3.27. The Bertz CT molecular complexity index is 524. The third kappa shape index (κ3) is 5.78. The Hall–Kier alpha value is -1.39. The molecule has 0 aromatic heterocycles. The SMILES string of the molecule is Cc1cc(C(CC(=O)OC(C)(C)C)ON)cc(C(C)(C)C)c1. The number of esters is 1. The lowest BCUT2D eigenvalue weighted by atomic mass is 9.84. The fourth-order valence-electron chi connectivity index (χ4n) is 2.21. The molecule has 4 nitrogen and oxygen atoms in total. The molecule has 0 radical (unpaired) electrons. The summed E-state index contributed by atoms with van der Waals surface area (Å²) < 4.78 is 5.34. The molecule has 0 aliphatic carbocycles. The van der Waals surface area contributed by atoms with Crippen molar-refractivity contribution in [1.82, 2.24) is 0 Å². The van der Waals surface area contributed by atoms with Gasteiger partial charge in [-0.05, 0) is 44.2 Å². The van der Waals surface area contributed by atoms with Gasteiger partial charge in [0.15, 0.2) is 0 Å². The van der Waals surface area contributed by atoms with Crippen molar-refractivity contribution in [3.8, 4) is 0 Å². The van der Waals surface area contributed by atoms with Gasteiger partial charge < -0.3 is 4.74 Å². The first kappa shape index (κ1) is 18.7. The number of rotatable bonds is 4. The van der Waals surface area contributed by atoms with E-state index in [9.17, 15) is 4.79 Å². The molecule has 0 bridgehead atoms. The molecule has 1 aromatic carbocycles. The summed E-state index contributed by atoms with van der Waals surface area (Å²) in [6, 6.07) is 6.19. The average Bonchev–Trinajstić information content (AvgIpc) is 2.31. The lowest BCUT2D eigenvalue weighted by molar-refractivity contribution is -0.158. The minimum absolute atomic E-state index is 0.0197. The maximum atomic E-state index is 12.0. The first-order valence-corrected chi connectivity index (χ1v) is 7.62. The monoisotopic (exact) mass is 307 g/mol. The number of benzene rings is 1. The van der Waals surface area contributed by atoms with E-state index in [1.54, 1.807) is 0 Å². The van der Waals surface area contributed by atoms with E-state index < -0.39 is 11.7 Å². The number of ether oxygens (including phenoxy) is 1. The normalized spacial score (nSPS) is 13.8. The molecule has 0 fully saturated rings. The van der Waals surface area contributed by atoms with Crippen LogP contribution in [-0.2, 0) is 19.8 Å². The smallest absolute Gasteiger partial charge is 0.309 e. The van der Waals surface area contributed by atoms with Crippen LogP contribution in [0, 0.1) is 6.92 Å². The zero-order valence-corrected chi connectivity index (χ0v) is 14.8. The molecule has 1 aromatic rings. The van der Waals surface area contributed by atoms with Crippen molar-refractivity contribution in [2.24, 2.45) is 5.90 Å². The number of aryl methyl sites for hydroxylation is 1. The third-order valence-electron chi connectivity index (χ3n) is 3.27. The summed E-state index contributed by atoms with van der Waals surface area (Å²) in [5.74, 6) is 5.10. The van der Waals surface area contributed by atoms with Crippen LogP contribution < -0.4 is 5.90 Å². The minimum atomic E-state index is -0.514. The Morgan fingerprint density at radius 2 is 1.73 bits per heavy atom. The molecular weight excluding hydrogens is 278 g/mol. The van der Waals surface area contributed by atoms with Crippen LogP contribution in [0.4, 0.5) is 0 Å². The number of carbonyl (C=O) groups is 1. The predicted molar refractivity (Wildman–Crippen MR) is 88.4 cm³/mol. The van der Waals surface area contributed by atoms with Crippen LogP contribution in [0.5, 0.6) is 0 Å². The van der Waals surface area contributed by atoms with Gasteiger partial charge in [0.05, 0.1) is 6.42 Å². The molecule has 0 amide bonds. The highest BCUT2D eigenvalue weighted by molar-refractivity contribution is 5.70. The summed E-state index contributed by atoms with van der Waals surface area (Å²) in [6.45, 7) is 14.0. The zero-order valence-electron chi connectivity index (χ0n) is 14.8. The van der Waals surface area contributed by atoms with E-state index in [1.807, 2.05) is 33.8 Å². The maximum Gasteiger partial charge on any atom is 0.309 e. The Morgan fingerprint density at radius 3 is 2.18 bits per heavy atom. The Balaban J connectivity index is 3.00. The van der Waals surface area contributed by atoms with Crippen molar-refractivity contribution >= 4 is 5.97 Å². The van der Waals surface area contributed by atoms with Crippen LogP contribution in [0.15, 0.2) is 18.2 Å². The van der Waals surface area contributed by atoms with E-state index in [2.05, 4.69) is 32.9 Å². The summed E-state index contributed by atoms with van der Waals surface area (Å²) >= 11 is 0.